The number of carbonyl (C=O) groups excluding carboxylic acids is 1. The quantitative estimate of drug-likeness (QED) is 0.857. The summed E-state index contributed by atoms with van der Waals surface area (Å²) < 4.78 is 11.2. The Labute approximate surface area is 164 Å². The molecule has 1 atom stereocenters. The number of nitrogens with zero attached hydrogens (tertiary/aromatic N) is 1. The molecule has 1 aliphatic heterocycles. The summed E-state index contributed by atoms with van der Waals surface area (Å²) >= 11 is 0. The van der Waals surface area contributed by atoms with Crippen LogP contribution in [0.5, 0.6) is 0 Å². The minimum Gasteiger partial charge on any atom is -0.478 e. The van der Waals surface area contributed by atoms with Crippen molar-refractivity contribution >= 4 is 11.9 Å². The van der Waals surface area contributed by atoms with Gasteiger partial charge in [0.1, 0.15) is 0 Å². The Morgan fingerprint density at radius 1 is 1.11 bits per heavy atom. The average Bonchev–Trinajstić information content (AvgIpc) is 2.66. The van der Waals surface area contributed by atoms with Gasteiger partial charge in [0.15, 0.2) is 0 Å². The first kappa shape index (κ1) is 20.0. The third kappa shape index (κ3) is 4.24. The predicted molar refractivity (Wildman–Crippen MR) is 106 cm³/mol. The molecule has 0 bridgehead atoms. The van der Waals surface area contributed by atoms with Crippen LogP contribution in [0.1, 0.15) is 34.6 Å². The Hall–Kier alpha value is -2.70. The first-order valence-corrected chi connectivity index (χ1v) is 9.20. The van der Waals surface area contributed by atoms with E-state index in [4.69, 9.17) is 9.47 Å². The molecular formula is C22H25NO5. The first-order valence-electron chi connectivity index (χ1n) is 9.20. The molecule has 148 valence electrons. The summed E-state index contributed by atoms with van der Waals surface area (Å²) in [5.74, 6) is -1.17. The normalized spacial score (nSPS) is 18.7. The van der Waals surface area contributed by atoms with Gasteiger partial charge in [0, 0.05) is 25.8 Å². The maximum absolute atomic E-state index is 13.4. The van der Waals surface area contributed by atoms with Gasteiger partial charge < -0.3 is 19.5 Å². The fraction of sp³-hybridized carbons (Fsp3) is 0.364. The van der Waals surface area contributed by atoms with Gasteiger partial charge in [-0.25, -0.2) is 4.79 Å². The Bertz CT molecular complexity index is 877. The second-order valence-corrected chi connectivity index (χ2v) is 7.54. The highest BCUT2D eigenvalue weighted by atomic mass is 16.5. The van der Waals surface area contributed by atoms with E-state index in [0.29, 0.717) is 36.4 Å². The summed E-state index contributed by atoms with van der Waals surface area (Å²) in [4.78, 5) is 26.8. The number of benzene rings is 2. The fourth-order valence-electron chi connectivity index (χ4n) is 3.70. The van der Waals surface area contributed by atoms with Crippen molar-refractivity contribution in [3.05, 3.63) is 59.7 Å². The molecule has 1 heterocycles. The summed E-state index contributed by atoms with van der Waals surface area (Å²) in [6.45, 7) is 5.16. The van der Waals surface area contributed by atoms with E-state index < -0.39 is 11.6 Å². The molecule has 0 saturated carbocycles. The van der Waals surface area contributed by atoms with Gasteiger partial charge >= 0.3 is 5.97 Å². The van der Waals surface area contributed by atoms with Crippen LogP contribution in [0.25, 0.3) is 11.1 Å². The average molecular weight is 383 g/mol. The number of hydrogen-bond donors (Lipinski definition) is 1. The van der Waals surface area contributed by atoms with Crippen molar-refractivity contribution in [3.8, 4) is 11.1 Å². The number of rotatable bonds is 5. The number of hydrogen-bond acceptors (Lipinski definition) is 4. The van der Waals surface area contributed by atoms with Gasteiger partial charge in [0.25, 0.3) is 5.91 Å². The lowest BCUT2D eigenvalue weighted by molar-refractivity contribution is -0.143. The van der Waals surface area contributed by atoms with Crippen molar-refractivity contribution < 1.29 is 24.2 Å². The summed E-state index contributed by atoms with van der Waals surface area (Å²) in [6, 6.07) is 13.8. The molecule has 6 nitrogen and oxygen atoms in total. The highest BCUT2D eigenvalue weighted by Gasteiger charge is 2.36. The predicted octanol–water partition coefficient (Wildman–Crippen LogP) is 3.32. The van der Waals surface area contributed by atoms with E-state index in [1.165, 1.54) is 0 Å². The molecule has 1 fully saturated rings. The van der Waals surface area contributed by atoms with Crippen LogP contribution in [0.2, 0.25) is 0 Å². The molecule has 2 aromatic rings. The lowest BCUT2D eigenvalue weighted by atomic mass is 9.94. The van der Waals surface area contributed by atoms with Crippen molar-refractivity contribution in [2.75, 3.05) is 26.8 Å². The minimum atomic E-state index is -1.02. The van der Waals surface area contributed by atoms with Crippen LogP contribution in [0.3, 0.4) is 0 Å². The van der Waals surface area contributed by atoms with E-state index in [-0.39, 0.29) is 17.6 Å². The number of methoxy groups -OCH3 is 1. The summed E-state index contributed by atoms with van der Waals surface area (Å²) in [5.41, 5.74) is 1.29. The van der Waals surface area contributed by atoms with Gasteiger partial charge in [-0.05, 0) is 37.1 Å². The molecule has 1 amide bonds. The molecule has 2 aromatic carbocycles. The Morgan fingerprint density at radius 3 is 2.29 bits per heavy atom. The van der Waals surface area contributed by atoms with Crippen molar-refractivity contribution in [2.24, 2.45) is 0 Å². The van der Waals surface area contributed by atoms with Gasteiger partial charge in [0.2, 0.25) is 0 Å². The van der Waals surface area contributed by atoms with E-state index in [0.717, 1.165) is 0 Å². The molecule has 1 N–H and O–H groups in total. The van der Waals surface area contributed by atoms with Crippen LogP contribution >= 0.6 is 0 Å². The third-order valence-electron chi connectivity index (χ3n) is 4.73. The van der Waals surface area contributed by atoms with Crippen molar-refractivity contribution in [3.63, 3.8) is 0 Å². The Balaban J connectivity index is 1.99. The van der Waals surface area contributed by atoms with Crippen molar-refractivity contribution in [1.29, 1.82) is 0 Å². The molecule has 1 saturated heterocycles. The van der Waals surface area contributed by atoms with Crippen LogP contribution in [0, 0.1) is 0 Å². The number of ether oxygens (including phenoxy) is 2. The highest BCUT2D eigenvalue weighted by molar-refractivity contribution is 6.04. The zero-order valence-corrected chi connectivity index (χ0v) is 16.3. The number of carboxylic acids is 1. The van der Waals surface area contributed by atoms with Gasteiger partial charge in [0.05, 0.1) is 23.9 Å². The lowest BCUT2D eigenvalue weighted by Gasteiger charge is -2.42. The molecule has 0 aliphatic carbocycles. The van der Waals surface area contributed by atoms with Crippen LogP contribution in [0.15, 0.2) is 48.5 Å². The van der Waals surface area contributed by atoms with E-state index >= 15 is 0 Å². The number of morpholine rings is 1. The smallest absolute Gasteiger partial charge is 0.336 e. The monoisotopic (exact) mass is 383 g/mol. The second-order valence-electron chi connectivity index (χ2n) is 7.54. The maximum atomic E-state index is 13.4. The number of carbonyl (C=O) groups is 2. The standard InChI is InChI=1S/C22H25NO5/c1-22(2)14-23(12-15(28-22)13-27-3)20(24)18-10-6-4-8-16(18)17-9-5-7-11-19(17)21(25)26/h4-11,15H,12-14H2,1-3H3,(H,25,26). The third-order valence-corrected chi connectivity index (χ3v) is 4.73. The number of amides is 1. The van der Waals surface area contributed by atoms with Crippen LogP contribution in [0.4, 0.5) is 0 Å². The lowest BCUT2D eigenvalue weighted by Crippen LogP contribution is -2.55. The van der Waals surface area contributed by atoms with E-state index in [9.17, 15) is 14.7 Å². The molecule has 1 unspecified atom stereocenters. The number of carboxylic acid groups (broad SMARTS) is 1. The Kier molecular flexibility index (Phi) is 5.82. The minimum absolute atomic E-state index is 0.145. The van der Waals surface area contributed by atoms with Gasteiger partial charge in [-0.15, -0.1) is 0 Å². The highest BCUT2D eigenvalue weighted by Crippen LogP contribution is 2.30. The fourth-order valence-corrected chi connectivity index (χ4v) is 3.70. The zero-order valence-electron chi connectivity index (χ0n) is 16.3. The van der Waals surface area contributed by atoms with Crippen molar-refractivity contribution in [1.82, 2.24) is 4.90 Å². The summed E-state index contributed by atoms with van der Waals surface area (Å²) in [6.07, 6.45) is -0.212. The molecule has 0 aromatic heterocycles. The molecule has 1 aliphatic rings. The molecule has 0 spiro atoms. The zero-order chi connectivity index (χ0) is 20.3. The SMILES string of the molecule is COCC1CN(C(=O)c2ccccc2-c2ccccc2C(=O)O)CC(C)(C)O1. The van der Waals surface area contributed by atoms with Crippen LogP contribution in [-0.4, -0.2) is 60.4 Å². The van der Waals surface area contributed by atoms with Crippen LogP contribution < -0.4 is 0 Å². The van der Waals surface area contributed by atoms with Gasteiger partial charge in [-0.3, -0.25) is 4.79 Å². The number of aromatic carboxylic acids is 1. The van der Waals surface area contributed by atoms with Crippen molar-refractivity contribution in [2.45, 2.75) is 25.6 Å². The largest absolute Gasteiger partial charge is 0.478 e. The molecule has 0 radical (unpaired) electrons. The summed E-state index contributed by atoms with van der Waals surface area (Å²) in [5, 5.41) is 9.54. The topological polar surface area (TPSA) is 76.1 Å². The molecule has 3 rings (SSSR count). The molecular weight excluding hydrogens is 358 g/mol. The van der Waals surface area contributed by atoms with E-state index in [1.807, 2.05) is 19.9 Å². The maximum Gasteiger partial charge on any atom is 0.336 e. The Morgan fingerprint density at radius 2 is 1.68 bits per heavy atom. The second kappa shape index (κ2) is 8.12. The van der Waals surface area contributed by atoms with E-state index in [1.54, 1.807) is 54.5 Å². The van der Waals surface area contributed by atoms with Gasteiger partial charge in [-0.1, -0.05) is 36.4 Å². The van der Waals surface area contributed by atoms with Crippen LogP contribution in [-0.2, 0) is 9.47 Å². The molecule has 6 heteroatoms. The van der Waals surface area contributed by atoms with E-state index in [2.05, 4.69) is 0 Å². The van der Waals surface area contributed by atoms with Gasteiger partial charge in [-0.2, -0.15) is 0 Å². The molecule has 28 heavy (non-hydrogen) atoms. The summed E-state index contributed by atoms with van der Waals surface area (Å²) in [7, 11) is 1.61. The first-order chi connectivity index (χ1) is 13.3.